The molecule has 1 aromatic heterocycles. The Hall–Kier alpha value is -1.99. The maximum Gasteiger partial charge on any atom is 0.263 e. The number of halogens is 1. The van der Waals surface area contributed by atoms with Crippen LogP contribution in [-0.4, -0.2) is 30.0 Å². The van der Waals surface area contributed by atoms with E-state index in [-0.39, 0.29) is 24.4 Å². The van der Waals surface area contributed by atoms with Gasteiger partial charge in [0.05, 0.1) is 5.69 Å². The first kappa shape index (κ1) is 17.8. The summed E-state index contributed by atoms with van der Waals surface area (Å²) in [5.41, 5.74) is 0.710. The highest BCUT2D eigenvalue weighted by atomic mass is 32.1. The standard InChI is InChI=1S/C18H22FN3O2S/c1-11-9-20-8-7-15(11)22-18(23)17-12(2)21-16(25-17)10-24-14-5-3-13(19)4-6-14/h3-6,11,15,20H,7-10H2,1-2H3,(H,22,23). The van der Waals surface area contributed by atoms with Crippen LogP contribution in [-0.2, 0) is 6.61 Å². The van der Waals surface area contributed by atoms with E-state index in [1.807, 2.05) is 6.92 Å². The number of piperidine rings is 1. The highest BCUT2D eigenvalue weighted by Gasteiger charge is 2.25. The minimum atomic E-state index is -0.302. The van der Waals surface area contributed by atoms with Crippen molar-refractivity contribution < 1.29 is 13.9 Å². The summed E-state index contributed by atoms with van der Waals surface area (Å²) in [7, 11) is 0. The maximum absolute atomic E-state index is 12.9. The van der Waals surface area contributed by atoms with E-state index >= 15 is 0 Å². The van der Waals surface area contributed by atoms with Gasteiger partial charge < -0.3 is 15.4 Å². The molecule has 0 saturated carbocycles. The van der Waals surface area contributed by atoms with Crippen molar-refractivity contribution in [1.29, 1.82) is 0 Å². The summed E-state index contributed by atoms with van der Waals surface area (Å²) in [5.74, 6) is 0.612. The molecule has 1 amide bonds. The Labute approximate surface area is 150 Å². The third-order valence-electron chi connectivity index (χ3n) is 4.32. The van der Waals surface area contributed by atoms with Gasteiger partial charge in [0.2, 0.25) is 0 Å². The molecular formula is C18H22FN3O2S. The predicted molar refractivity (Wildman–Crippen MR) is 95.5 cm³/mol. The van der Waals surface area contributed by atoms with E-state index in [2.05, 4.69) is 22.5 Å². The zero-order chi connectivity index (χ0) is 17.8. The van der Waals surface area contributed by atoms with Crippen LogP contribution in [0.2, 0.25) is 0 Å². The molecule has 1 fully saturated rings. The van der Waals surface area contributed by atoms with Crippen LogP contribution in [0.5, 0.6) is 5.75 Å². The Kier molecular flexibility index (Phi) is 5.65. The van der Waals surface area contributed by atoms with Gasteiger partial charge in [0.15, 0.2) is 0 Å². The van der Waals surface area contributed by atoms with Crippen LogP contribution in [0.3, 0.4) is 0 Å². The van der Waals surface area contributed by atoms with Gasteiger partial charge in [0.25, 0.3) is 5.91 Å². The minimum absolute atomic E-state index is 0.0678. The number of nitrogens with one attached hydrogen (secondary N) is 2. The van der Waals surface area contributed by atoms with E-state index in [1.54, 1.807) is 12.1 Å². The van der Waals surface area contributed by atoms with Crippen LogP contribution in [0, 0.1) is 18.7 Å². The molecule has 0 radical (unpaired) electrons. The van der Waals surface area contributed by atoms with Crippen molar-refractivity contribution in [3.8, 4) is 5.75 Å². The van der Waals surface area contributed by atoms with Crippen molar-refractivity contribution in [1.82, 2.24) is 15.6 Å². The first-order chi connectivity index (χ1) is 12.0. The molecule has 2 unspecified atom stereocenters. The summed E-state index contributed by atoms with van der Waals surface area (Å²) in [5, 5.41) is 7.18. The fourth-order valence-electron chi connectivity index (χ4n) is 2.86. The largest absolute Gasteiger partial charge is 0.486 e. The van der Waals surface area contributed by atoms with Gasteiger partial charge in [-0.05, 0) is 56.6 Å². The van der Waals surface area contributed by atoms with Gasteiger partial charge in [0.1, 0.15) is 28.1 Å². The summed E-state index contributed by atoms with van der Waals surface area (Å²) in [6.07, 6.45) is 0.936. The third-order valence-corrected chi connectivity index (χ3v) is 5.45. The summed E-state index contributed by atoms with van der Waals surface area (Å²) < 4.78 is 18.5. The molecule has 5 nitrogen and oxygen atoms in total. The van der Waals surface area contributed by atoms with Gasteiger partial charge >= 0.3 is 0 Å². The molecule has 2 N–H and O–H groups in total. The average molecular weight is 363 g/mol. The van der Waals surface area contributed by atoms with E-state index in [0.717, 1.165) is 24.5 Å². The second kappa shape index (κ2) is 7.93. The normalized spacial score (nSPS) is 20.3. The number of nitrogens with zero attached hydrogens (tertiary/aromatic N) is 1. The number of aryl methyl sites for hydroxylation is 1. The molecule has 0 spiro atoms. The molecule has 1 aromatic carbocycles. The highest BCUT2D eigenvalue weighted by molar-refractivity contribution is 7.13. The Morgan fingerprint density at radius 1 is 1.44 bits per heavy atom. The molecule has 0 aliphatic carbocycles. The molecule has 3 rings (SSSR count). The topological polar surface area (TPSA) is 63.2 Å². The molecule has 0 bridgehead atoms. The van der Waals surface area contributed by atoms with Gasteiger partial charge in [-0.2, -0.15) is 0 Å². The molecule has 7 heteroatoms. The zero-order valence-electron chi connectivity index (χ0n) is 14.3. The number of benzene rings is 1. The summed E-state index contributed by atoms with van der Waals surface area (Å²) in [6.45, 7) is 6.07. The molecule has 2 atom stereocenters. The van der Waals surface area contributed by atoms with Gasteiger partial charge in [-0.3, -0.25) is 4.79 Å². The molecule has 25 heavy (non-hydrogen) atoms. The Morgan fingerprint density at radius 3 is 2.92 bits per heavy atom. The van der Waals surface area contributed by atoms with Crippen molar-refractivity contribution in [2.45, 2.75) is 32.9 Å². The molecule has 1 saturated heterocycles. The molecule has 134 valence electrons. The lowest BCUT2D eigenvalue weighted by Gasteiger charge is -2.30. The lowest BCUT2D eigenvalue weighted by atomic mass is 9.95. The number of amides is 1. The quantitative estimate of drug-likeness (QED) is 0.857. The van der Waals surface area contributed by atoms with E-state index in [0.29, 0.717) is 22.2 Å². The molecular weight excluding hydrogens is 341 g/mol. The van der Waals surface area contributed by atoms with Crippen molar-refractivity contribution in [2.24, 2.45) is 5.92 Å². The van der Waals surface area contributed by atoms with Gasteiger partial charge in [-0.1, -0.05) is 6.92 Å². The summed E-state index contributed by atoms with van der Waals surface area (Å²) >= 11 is 1.34. The monoisotopic (exact) mass is 363 g/mol. The van der Waals surface area contributed by atoms with Crippen LogP contribution in [0.15, 0.2) is 24.3 Å². The lowest BCUT2D eigenvalue weighted by Crippen LogP contribution is -2.48. The van der Waals surface area contributed by atoms with E-state index in [4.69, 9.17) is 4.74 Å². The molecule has 1 aliphatic rings. The van der Waals surface area contributed by atoms with Crippen molar-refractivity contribution in [3.63, 3.8) is 0 Å². The Balaban J connectivity index is 1.61. The summed E-state index contributed by atoms with van der Waals surface area (Å²) in [4.78, 5) is 17.6. The van der Waals surface area contributed by atoms with Crippen molar-refractivity contribution in [2.75, 3.05) is 13.1 Å². The number of hydrogen-bond donors (Lipinski definition) is 2. The fourth-order valence-corrected chi connectivity index (χ4v) is 3.74. The van der Waals surface area contributed by atoms with Crippen LogP contribution in [0.4, 0.5) is 4.39 Å². The Bertz CT molecular complexity index is 732. The number of hydrogen-bond acceptors (Lipinski definition) is 5. The zero-order valence-corrected chi connectivity index (χ0v) is 15.2. The fraction of sp³-hybridized carbons (Fsp3) is 0.444. The van der Waals surface area contributed by atoms with Crippen LogP contribution < -0.4 is 15.4 Å². The molecule has 1 aliphatic heterocycles. The molecule has 2 heterocycles. The third kappa shape index (κ3) is 4.55. The number of carbonyl (C=O) groups is 1. The van der Waals surface area contributed by atoms with Gasteiger partial charge in [-0.15, -0.1) is 11.3 Å². The predicted octanol–water partition coefficient (Wildman–Crippen LogP) is 2.90. The maximum atomic E-state index is 12.9. The van der Waals surface area contributed by atoms with E-state index in [1.165, 1.54) is 23.5 Å². The van der Waals surface area contributed by atoms with E-state index in [9.17, 15) is 9.18 Å². The smallest absolute Gasteiger partial charge is 0.263 e. The van der Waals surface area contributed by atoms with Gasteiger partial charge in [-0.25, -0.2) is 9.37 Å². The van der Waals surface area contributed by atoms with Crippen molar-refractivity contribution >= 4 is 17.2 Å². The van der Waals surface area contributed by atoms with Crippen LogP contribution >= 0.6 is 11.3 Å². The van der Waals surface area contributed by atoms with Gasteiger partial charge in [0, 0.05) is 6.04 Å². The first-order valence-electron chi connectivity index (χ1n) is 8.39. The van der Waals surface area contributed by atoms with Crippen molar-refractivity contribution in [3.05, 3.63) is 45.7 Å². The van der Waals surface area contributed by atoms with Crippen LogP contribution in [0.25, 0.3) is 0 Å². The molecule has 2 aromatic rings. The van der Waals surface area contributed by atoms with Crippen LogP contribution in [0.1, 0.15) is 33.7 Å². The average Bonchev–Trinajstić information content (AvgIpc) is 2.97. The number of rotatable bonds is 5. The minimum Gasteiger partial charge on any atom is -0.486 e. The first-order valence-corrected chi connectivity index (χ1v) is 9.21. The summed E-state index contributed by atoms with van der Waals surface area (Å²) in [6, 6.07) is 6.03. The Morgan fingerprint density at radius 2 is 2.20 bits per heavy atom. The number of carbonyl (C=O) groups excluding carboxylic acids is 1. The second-order valence-corrected chi connectivity index (χ2v) is 7.40. The number of ether oxygens (including phenoxy) is 1. The second-order valence-electron chi connectivity index (χ2n) is 6.31. The number of thiazole rings is 1. The lowest BCUT2D eigenvalue weighted by molar-refractivity contribution is 0.0917. The van der Waals surface area contributed by atoms with E-state index < -0.39 is 0 Å². The highest BCUT2D eigenvalue weighted by Crippen LogP contribution is 2.21. The SMILES string of the molecule is Cc1nc(COc2ccc(F)cc2)sc1C(=O)NC1CCNCC1C. The number of aromatic nitrogens is 1.